The van der Waals surface area contributed by atoms with Crippen molar-refractivity contribution in [3.05, 3.63) is 29.8 Å². The zero-order valence-corrected chi connectivity index (χ0v) is 16.3. The normalized spacial score (nSPS) is 12.8. The maximum atomic E-state index is 9.21. The van der Waals surface area contributed by atoms with Gasteiger partial charge >= 0.3 is 0 Å². The van der Waals surface area contributed by atoms with Crippen molar-refractivity contribution in [3.8, 4) is 5.75 Å². The molecule has 0 aliphatic heterocycles. The van der Waals surface area contributed by atoms with Crippen molar-refractivity contribution in [2.24, 2.45) is 10.9 Å². The fourth-order valence-corrected chi connectivity index (χ4v) is 2.81. The highest BCUT2D eigenvalue weighted by molar-refractivity contribution is 5.79. The van der Waals surface area contributed by atoms with Crippen LogP contribution < -0.4 is 10.1 Å². The van der Waals surface area contributed by atoms with Crippen molar-refractivity contribution in [1.29, 1.82) is 0 Å². The van der Waals surface area contributed by atoms with Crippen LogP contribution in [0.3, 0.4) is 0 Å². The lowest BCUT2D eigenvalue weighted by Crippen LogP contribution is -2.38. The number of aliphatic imine (C=N–C) groups is 1. The number of hydrogen-bond donors (Lipinski definition) is 2. The van der Waals surface area contributed by atoms with Crippen LogP contribution in [-0.2, 0) is 6.54 Å². The van der Waals surface area contributed by atoms with Gasteiger partial charge in [0.15, 0.2) is 5.96 Å². The van der Waals surface area contributed by atoms with Crippen LogP contribution in [0.1, 0.15) is 45.6 Å². The first kappa shape index (κ1) is 21.3. The third-order valence-corrected chi connectivity index (χ3v) is 4.08. The van der Waals surface area contributed by atoms with Crippen LogP contribution in [0, 0.1) is 5.92 Å². The molecule has 0 saturated heterocycles. The quantitative estimate of drug-likeness (QED) is 0.475. The van der Waals surface area contributed by atoms with E-state index < -0.39 is 0 Å². The van der Waals surface area contributed by atoms with Gasteiger partial charge in [-0.05, 0) is 50.3 Å². The molecule has 25 heavy (non-hydrogen) atoms. The van der Waals surface area contributed by atoms with Gasteiger partial charge in [0.2, 0.25) is 0 Å². The molecular weight excluding hydrogens is 314 g/mol. The Hall–Kier alpha value is -1.75. The van der Waals surface area contributed by atoms with Crippen molar-refractivity contribution in [2.75, 3.05) is 33.4 Å². The number of hydrogen-bond acceptors (Lipinski definition) is 3. The smallest absolute Gasteiger partial charge is 0.193 e. The van der Waals surface area contributed by atoms with Crippen LogP contribution >= 0.6 is 0 Å². The van der Waals surface area contributed by atoms with E-state index in [9.17, 15) is 5.11 Å². The van der Waals surface area contributed by atoms with E-state index in [0.717, 1.165) is 50.6 Å². The third-order valence-electron chi connectivity index (χ3n) is 4.08. The van der Waals surface area contributed by atoms with Gasteiger partial charge in [0, 0.05) is 33.3 Å². The zero-order chi connectivity index (χ0) is 18.5. The Bertz CT molecular complexity index is 482. The second-order valence-electron chi connectivity index (χ2n) is 6.29. The number of nitrogens with zero attached hydrogens (tertiary/aromatic N) is 2. The maximum Gasteiger partial charge on any atom is 0.193 e. The van der Waals surface area contributed by atoms with Crippen molar-refractivity contribution < 1.29 is 9.84 Å². The molecule has 1 rings (SSSR count). The first-order valence-electron chi connectivity index (χ1n) is 9.46. The molecule has 0 bridgehead atoms. The van der Waals surface area contributed by atoms with E-state index in [4.69, 9.17) is 9.73 Å². The minimum Gasteiger partial charge on any atom is -0.494 e. The fourth-order valence-electron chi connectivity index (χ4n) is 2.81. The minimum absolute atomic E-state index is 0.235. The Balaban J connectivity index is 2.70. The summed E-state index contributed by atoms with van der Waals surface area (Å²) in [6.45, 7) is 9.55. The summed E-state index contributed by atoms with van der Waals surface area (Å²) < 4.78 is 5.49. The van der Waals surface area contributed by atoms with Gasteiger partial charge in [-0.3, -0.25) is 4.99 Å². The molecule has 0 aliphatic carbocycles. The molecule has 0 heterocycles. The monoisotopic (exact) mass is 349 g/mol. The topological polar surface area (TPSA) is 57.1 Å². The van der Waals surface area contributed by atoms with Gasteiger partial charge in [-0.1, -0.05) is 25.5 Å². The largest absolute Gasteiger partial charge is 0.494 e. The lowest BCUT2D eigenvalue weighted by Gasteiger charge is -2.23. The molecule has 1 atom stereocenters. The van der Waals surface area contributed by atoms with Crippen molar-refractivity contribution in [2.45, 2.75) is 46.6 Å². The van der Waals surface area contributed by atoms with E-state index in [0.29, 0.717) is 12.5 Å². The molecule has 0 spiro atoms. The van der Waals surface area contributed by atoms with E-state index in [2.05, 4.69) is 43.2 Å². The number of aliphatic hydroxyl groups is 1. The lowest BCUT2D eigenvalue weighted by molar-refractivity contribution is 0.253. The average molecular weight is 350 g/mol. The van der Waals surface area contributed by atoms with Crippen molar-refractivity contribution >= 4 is 5.96 Å². The summed E-state index contributed by atoms with van der Waals surface area (Å²) in [6, 6.07) is 8.21. The predicted molar refractivity (Wildman–Crippen MR) is 105 cm³/mol. The molecule has 0 radical (unpaired) electrons. The Kier molecular flexibility index (Phi) is 10.7. The molecule has 142 valence electrons. The van der Waals surface area contributed by atoms with Gasteiger partial charge < -0.3 is 20.1 Å². The van der Waals surface area contributed by atoms with Crippen molar-refractivity contribution in [1.82, 2.24) is 10.2 Å². The Labute approximate surface area is 153 Å². The van der Waals surface area contributed by atoms with Crippen LogP contribution in [0.4, 0.5) is 0 Å². The highest BCUT2D eigenvalue weighted by Gasteiger charge is 2.10. The van der Waals surface area contributed by atoms with Gasteiger partial charge in [-0.15, -0.1) is 0 Å². The standard InChI is InChI=1S/C20H35N3O2/c1-5-8-17(13-14-24)15-22-20(21-6-2)23(4)16-18-9-11-19(12-10-18)25-7-3/h9-12,17,24H,5-8,13-16H2,1-4H3,(H,21,22). The van der Waals surface area contributed by atoms with Crippen LogP contribution in [0.25, 0.3) is 0 Å². The van der Waals surface area contributed by atoms with Crippen LogP contribution in [0.5, 0.6) is 5.75 Å². The molecule has 1 unspecified atom stereocenters. The number of nitrogens with one attached hydrogen (secondary N) is 1. The van der Waals surface area contributed by atoms with Gasteiger partial charge in [0.1, 0.15) is 5.75 Å². The van der Waals surface area contributed by atoms with E-state index in [1.807, 2.05) is 19.1 Å². The Morgan fingerprint density at radius 2 is 1.92 bits per heavy atom. The molecule has 1 aromatic carbocycles. The first-order chi connectivity index (χ1) is 12.1. The third kappa shape index (κ3) is 8.25. The molecule has 5 heteroatoms. The van der Waals surface area contributed by atoms with E-state index in [1.165, 1.54) is 5.56 Å². The van der Waals surface area contributed by atoms with Crippen LogP contribution in [0.2, 0.25) is 0 Å². The SMILES string of the molecule is CCCC(CCO)CN=C(NCC)N(C)Cc1ccc(OCC)cc1. The highest BCUT2D eigenvalue weighted by Crippen LogP contribution is 2.14. The van der Waals surface area contributed by atoms with Gasteiger partial charge in [-0.25, -0.2) is 0 Å². The summed E-state index contributed by atoms with van der Waals surface area (Å²) in [4.78, 5) is 6.93. The molecule has 0 fully saturated rings. The van der Waals surface area contributed by atoms with Crippen molar-refractivity contribution in [3.63, 3.8) is 0 Å². The first-order valence-corrected chi connectivity index (χ1v) is 9.46. The van der Waals surface area contributed by atoms with E-state index in [-0.39, 0.29) is 6.61 Å². The molecule has 1 aromatic rings. The number of guanidine groups is 1. The second-order valence-corrected chi connectivity index (χ2v) is 6.29. The maximum absolute atomic E-state index is 9.21. The Morgan fingerprint density at radius 1 is 1.20 bits per heavy atom. The molecule has 5 nitrogen and oxygen atoms in total. The van der Waals surface area contributed by atoms with Gasteiger partial charge in [0.05, 0.1) is 6.61 Å². The zero-order valence-electron chi connectivity index (χ0n) is 16.3. The van der Waals surface area contributed by atoms with Gasteiger partial charge in [0.25, 0.3) is 0 Å². The average Bonchev–Trinajstić information content (AvgIpc) is 2.60. The summed E-state index contributed by atoms with van der Waals surface area (Å²) in [5, 5.41) is 12.6. The molecular formula is C20H35N3O2. The van der Waals surface area contributed by atoms with Crippen LogP contribution in [0.15, 0.2) is 29.3 Å². The minimum atomic E-state index is 0.235. The number of aliphatic hydroxyl groups excluding tert-OH is 1. The summed E-state index contributed by atoms with van der Waals surface area (Å²) in [5.74, 6) is 2.26. The number of rotatable bonds is 11. The molecule has 0 aliphatic rings. The molecule has 0 saturated carbocycles. The Morgan fingerprint density at radius 3 is 2.48 bits per heavy atom. The summed E-state index contributed by atoms with van der Waals surface area (Å²) in [7, 11) is 2.05. The molecule has 0 aromatic heterocycles. The highest BCUT2D eigenvalue weighted by atomic mass is 16.5. The summed E-state index contributed by atoms with van der Waals surface area (Å²) in [5.41, 5.74) is 1.22. The lowest BCUT2D eigenvalue weighted by atomic mass is 10.0. The van der Waals surface area contributed by atoms with Gasteiger partial charge in [-0.2, -0.15) is 0 Å². The number of benzene rings is 1. The van der Waals surface area contributed by atoms with E-state index in [1.54, 1.807) is 0 Å². The number of ether oxygens (including phenoxy) is 1. The second kappa shape index (κ2) is 12.6. The summed E-state index contributed by atoms with van der Waals surface area (Å²) >= 11 is 0. The van der Waals surface area contributed by atoms with E-state index >= 15 is 0 Å². The van der Waals surface area contributed by atoms with Crippen LogP contribution in [-0.4, -0.2) is 49.3 Å². The molecule has 0 amide bonds. The fraction of sp³-hybridized carbons (Fsp3) is 0.650. The predicted octanol–water partition coefficient (Wildman–Crippen LogP) is 3.28. The summed E-state index contributed by atoms with van der Waals surface area (Å²) in [6.07, 6.45) is 3.05. The molecule has 2 N–H and O–H groups in total.